The second kappa shape index (κ2) is 11.5. The molecule has 0 spiro atoms. The molecule has 4 fully saturated rings. The van der Waals surface area contributed by atoms with Crippen molar-refractivity contribution in [3.8, 4) is 0 Å². The molecule has 0 aromatic heterocycles. The Morgan fingerprint density at radius 2 is 1.76 bits per heavy atom. The third-order valence-corrected chi connectivity index (χ3v) is 8.73. The number of nitrogens with two attached hydrogens (primary N) is 2. The highest BCUT2D eigenvalue weighted by Crippen LogP contribution is 2.40. The van der Waals surface area contributed by atoms with Crippen LogP contribution in [0.1, 0.15) is 57.8 Å². The maximum Gasteiger partial charge on any atom is 0.303 e. The molecule has 188 valence electrons. The Morgan fingerprint density at radius 1 is 1.03 bits per heavy atom. The fourth-order valence-corrected chi connectivity index (χ4v) is 6.99. The minimum absolute atomic E-state index is 0.119. The number of guanidine groups is 1. The lowest BCUT2D eigenvalue weighted by Crippen LogP contribution is -2.66. The number of hydrogen-bond donors (Lipinski definition) is 5. The quantitative estimate of drug-likeness (QED) is 0.205. The summed E-state index contributed by atoms with van der Waals surface area (Å²) in [5, 5.41) is 16.4. The molecule has 0 amide bonds. The first-order chi connectivity index (χ1) is 15.9. The first kappa shape index (κ1) is 25.0. The van der Waals surface area contributed by atoms with Crippen LogP contribution >= 0.6 is 11.6 Å². The monoisotopic (exact) mass is 483 g/mol. The zero-order valence-corrected chi connectivity index (χ0v) is 20.4. The highest BCUT2D eigenvalue weighted by atomic mass is 35.5. The summed E-state index contributed by atoms with van der Waals surface area (Å²) in [6.07, 6.45) is 8.92. The van der Waals surface area contributed by atoms with Crippen LogP contribution in [0, 0.1) is 11.8 Å². The van der Waals surface area contributed by atoms with Gasteiger partial charge in [-0.3, -0.25) is 20.3 Å². The number of fused-ring (bicyclic) bond motifs is 1. The van der Waals surface area contributed by atoms with Gasteiger partial charge in [-0.05, 0) is 69.7 Å². The number of carboxylic acid groups (broad SMARTS) is 1. The topological polar surface area (TPSA) is 132 Å². The summed E-state index contributed by atoms with van der Waals surface area (Å²) in [5.74, 6) is 0.586. The molecule has 0 radical (unpaired) electrons. The predicted molar refractivity (Wildman–Crippen MR) is 131 cm³/mol. The number of nitrogens with zero attached hydrogens (tertiary/aromatic N) is 3. The summed E-state index contributed by atoms with van der Waals surface area (Å²) in [5.41, 5.74) is 11.4. The largest absolute Gasteiger partial charge is 0.481 e. The number of carboxylic acids is 1. The summed E-state index contributed by atoms with van der Waals surface area (Å²) in [6, 6.07) is 1.49. The highest BCUT2D eigenvalue weighted by molar-refractivity contribution is 6.20. The van der Waals surface area contributed by atoms with E-state index in [2.05, 4.69) is 25.4 Å². The maximum atomic E-state index is 10.7. The van der Waals surface area contributed by atoms with Gasteiger partial charge in [-0.2, -0.15) is 0 Å². The molecule has 10 heteroatoms. The minimum atomic E-state index is -0.695. The van der Waals surface area contributed by atoms with Crippen molar-refractivity contribution in [2.75, 3.05) is 32.7 Å². The fraction of sp³-hybridized carbons (Fsp3) is 0.913. The first-order valence-electron chi connectivity index (χ1n) is 12.8. The van der Waals surface area contributed by atoms with Crippen LogP contribution < -0.4 is 22.1 Å². The van der Waals surface area contributed by atoms with Crippen LogP contribution in [0.3, 0.4) is 0 Å². The predicted octanol–water partition coefficient (Wildman–Crippen LogP) is 0.922. The van der Waals surface area contributed by atoms with Gasteiger partial charge in [0, 0.05) is 56.1 Å². The van der Waals surface area contributed by atoms with E-state index < -0.39 is 5.97 Å². The Balaban J connectivity index is 1.27. The molecule has 5 unspecified atom stereocenters. The van der Waals surface area contributed by atoms with E-state index in [4.69, 9.17) is 28.2 Å². The van der Waals surface area contributed by atoms with Crippen molar-refractivity contribution >= 4 is 23.5 Å². The second-order valence-corrected chi connectivity index (χ2v) is 11.1. The van der Waals surface area contributed by atoms with E-state index in [9.17, 15) is 4.79 Å². The number of carbonyl (C=O) groups is 1. The molecule has 9 nitrogen and oxygen atoms in total. The number of piperazine rings is 1. The summed E-state index contributed by atoms with van der Waals surface area (Å²) in [7, 11) is 0. The normalized spacial score (nSPS) is 38.4. The number of hydrogen-bond acceptors (Lipinski definition) is 6. The van der Waals surface area contributed by atoms with Gasteiger partial charge in [0.1, 0.15) is 0 Å². The zero-order chi connectivity index (χ0) is 23.4. The number of aliphatic imine (C=N–C) groups is 1. The van der Waals surface area contributed by atoms with Gasteiger partial charge in [0.2, 0.25) is 0 Å². The van der Waals surface area contributed by atoms with Crippen molar-refractivity contribution in [1.29, 1.82) is 0 Å². The van der Waals surface area contributed by atoms with E-state index in [0.717, 1.165) is 58.4 Å². The van der Waals surface area contributed by atoms with Gasteiger partial charge in [-0.25, -0.2) is 4.99 Å². The highest BCUT2D eigenvalue weighted by Gasteiger charge is 2.44. The molecule has 5 atom stereocenters. The third-order valence-electron chi connectivity index (χ3n) is 8.33. The van der Waals surface area contributed by atoms with Crippen LogP contribution in [0.15, 0.2) is 4.99 Å². The molecule has 2 heterocycles. The van der Waals surface area contributed by atoms with Gasteiger partial charge in [0.25, 0.3) is 0 Å². The Bertz CT molecular complexity index is 676. The van der Waals surface area contributed by atoms with Gasteiger partial charge in [0.05, 0.1) is 0 Å². The molecule has 33 heavy (non-hydrogen) atoms. The van der Waals surface area contributed by atoms with Gasteiger partial charge >= 0.3 is 5.97 Å². The van der Waals surface area contributed by atoms with Crippen molar-refractivity contribution in [3.05, 3.63) is 0 Å². The average Bonchev–Trinajstić information content (AvgIpc) is 2.79. The molecule has 2 aliphatic carbocycles. The van der Waals surface area contributed by atoms with Gasteiger partial charge in [-0.15, -0.1) is 11.6 Å². The van der Waals surface area contributed by atoms with Crippen LogP contribution in [0.2, 0.25) is 0 Å². The lowest BCUT2D eigenvalue weighted by atomic mass is 9.69. The van der Waals surface area contributed by atoms with Gasteiger partial charge in [0.15, 0.2) is 12.2 Å². The van der Waals surface area contributed by atoms with E-state index >= 15 is 0 Å². The summed E-state index contributed by atoms with van der Waals surface area (Å²) in [6.45, 7) is 5.20. The Hall–Kier alpha value is -1.13. The molecule has 0 bridgehead atoms. The van der Waals surface area contributed by atoms with Crippen LogP contribution in [0.4, 0.5) is 0 Å². The first-order valence-corrected chi connectivity index (χ1v) is 13.3. The molecule has 2 saturated carbocycles. The van der Waals surface area contributed by atoms with Crippen LogP contribution in [0.5, 0.6) is 0 Å². The summed E-state index contributed by atoms with van der Waals surface area (Å²) >= 11 is 6.58. The summed E-state index contributed by atoms with van der Waals surface area (Å²) in [4.78, 5) is 20.2. The molecule has 0 aromatic carbocycles. The van der Waals surface area contributed by atoms with Crippen molar-refractivity contribution < 1.29 is 9.90 Å². The molecular weight excluding hydrogens is 442 g/mol. The molecule has 4 aliphatic rings. The number of nitrogens with one attached hydrogen (secondary N) is 2. The number of rotatable bonds is 7. The Labute approximate surface area is 202 Å². The van der Waals surface area contributed by atoms with Crippen molar-refractivity contribution in [3.63, 3.8) is 0 Å². The van der Waals surface area contributed by atoms with Gasteiger partial charge in [-0.1, -0.05) is 0 Å². The smallest absolute Gasteiger partial charge is 0.303 e. The van der Waals surface area contributed by atoms with Crippen molar-refractivity contribution in [2.45, 2.75) is 87.6 Å². The number of aliphatic carboxylic acids is 1. The van der Waals surface area contributed by atoms with E-state index in [1.54, 1.807) is 0 Å². The molecule has 4 rings (SSSR count). The zero-order valence-electron chi connectivity index (χ0n) is 19.7. The second-order valence-electron chi connectivity index (χ2n) is 10.4. The molecule has 2 aliphatic heterocycles. The lowest BCUT2D eigenvalue weighted by molar-refractivity contribution is -0.137. The Kier molecular flexibility index (Phi) is 8.73. The molecule has 0 aromatic rings. The summed E-state index contributed by atoms with van der Waals surface area (Å²) < 4.78 is 0. The maximum absolute atomic E-state index is 10.7. The minimum Gasteiger partial charge on any atom is -0.481 e. The van der Waals surface area contributed by atoms with Crippen LogP contribution in [0.25, 0.3) is 0 Å². The Morgan fingerprint density at radius 3 is 2.42 bits per heavy atom. The third kappa shape index (κ3) is 6.72. The molecular formula is C23H42ClN7O2. The van der Waals surface area contributed by atoms with E-state index in [1.807, 2.05) is 0 Å². The standard InChI is InChI=1S/C23H42ClN7O2/c24-16-5-8-19-18(14-16)21(28-23(27-19)29-22(25)26)15-3-6-17(7-4-15)31-12-10-30(11-13-31)9-1-2-20(32)33/h15-19,21,23,27-28H,1-14H2,(H,32,33)(H4,25,26,29). The SMILES string of the molecule is NC(N)=NC1NC2CCC(Cl)CC2C(C2CCC(N3CCN(CCCC(=O)O)CC3)CC2)N1. The number of halogens is 1. The van der Waals surface area contributed by atoms with Crippen molar-refractivity contribution in [1.82, 2.24) is 20.4 Å². The average molecular weight is 484 g/mol. The van der Waals surface area contributed by atoms with E-state index in [-0.39, 0.29) is 24.0 Å². The van der Waals surface area contributed by atoms with Gasteiger partial charge < -0.3 is 21.5 Å². The molecule has 7 N–H and O–H groups in total. The fourth-order valence-electron chi connectivity index (χ4n) is 6.65. The number of alkyl halides is 1. The van der Waals surface area contributed by atoms with Crippen LogP contribution in [-0.2, 0) is 4.79 Å². The van der Waals surface area contributed by atoms with Crippen molar-refractivity contribution in [2.24, 2.45) is 28.3 Å². The lowest BCUT2D eigenvalue weighted by Gasteiger charge is -2.50. The molecule has 2 saturated heterocycles. The van der Waals surface area contributed by atoms with Crippen LogP contribution in [-0.4, -0.2) is 89.4 Å². The van der Waals surface area contributed by atoms with E-state index in [0.29, 0.717) is 30.0 Å². The van der Waals surface area contributed by atoms with E-state index in [1.165, 1.54) is 25.7 Å².